The number of carbonyl (C=O) groups is 2. The van der Waals surface area contributed by atoms with Gasteiger partial charge in [-0.2, -0.15) is 0 Å². The largest absolute Gasteiger partial charge is 0.343 e. The van der Waals surface area contributed by atoms with Gasteiger partial charge in [0.2, 0.25) is 11.8 Å². The molecule has 1 saturated heterocycles. The zero-order valence-corrected chi connectivity index (χ0v) is 14.3. The first-order valence-corrected chi connectivity index (χ1v) is 8.35. The summed E-state index contributed by atoms with van der Waals surface area (Å²) in [6.45, 7) is 3.09. The Balaban J connectivity index is 1.82. The second kappa shape index (κ2) is 7.74. The zero-order chi connectivity index (χ0) is 16.1. The van der Waals surface area contributed by atoms with E-state index in [1.54, 1.807) is 0 Å². The number of anilines is 1. The molecule has 3 N–H and O–H groups in total. The molecule has 1 fully saturated rings. The lowest BCUT2D eigenvalue weighted by Crippen LogP contribution is -2.42. The molecule has 1 aromatic rings. The number of nitrogens with one attached hydrogen (secondary N) is 1. The van der Waals surface area contributed by atoms with Crippen LogP contribution in [-0.2, 0) is 9.59 Å². The van der Waals surface area contributed by atoms with E-state index in [1.807, 2.05) is 36.1 Å². The zero-order valence-electron chi connectivity index (χ0n) is 12.7. The molecule has 1 heterocycles. The number of piperidine rings is 1. The lowest BCUT2D eigenvalue weighted by Gasteiger charge is -2.31. The molecular weight excluding hydrogens is 346 g/mol. The maximum atomic E-state index is 12.3. The van der Waals surface area contributed by atoms with Crippen LogP contribution in [0, 0.1) is 5.92 Å². The Morgan fingerprint density at radius 3 is 2.45 bits per heavy atom. The molecular formula is C16H22BrN3O2. The maximum Gasteiger partial charge on any atom is 0.227 e. The van der Waals surface area contributed by atoms with Crippen LogP contribution in [0.1, 0.15) is 26.2 Å². The second-order valence-corrected chi connectivity index (χ2v) is 6.75. The predicted molar refractivity (Wildman–Crippen MR) is 90.3 cm³/mol. The van der Waals surface area contributed by atoms with E-state index in [0.29, 0.717) is 32.4 Å². The third-order valence-electron chi connectivity index (χ3n) is 3.83. The van der Waals surface area contributed by atoms with Gasteiger partial charge in [0.1, 0.15) is 0 Å². The van der Waals surface area contributed by atoms with E-state index < -0.39 is 0 Å². The number of likely N-dealkylation sites (tertiary alicyclic amines) is 1. The summed E-state index contributed by atoms with van der Waals surface area (Å²) in [5.41, 5.74) is 6.45. The lowest BCUT2D eigenvalue weighted by atomic mass is 9.95. The molecule has 0 aromatic heterocycles. The summed E-state index contributed by atoms with van der Waals surface area (Å²) in [5.74, 6) is 0.0754. The topological polar surface area (TPSA) is 75.4 Å². The summed E-state index contributed by atoms with van der Waals surface area (Å²) in [6.07, 6.45) is 1.77. The molecule has 0 bridgehead atoms. The summed E-state index contributed by atoms with van der Waals surface area (Å²) >= 11 is 3.37. The van der Waals surface area contributed by atoms with Gasteiger partial charge < -0.3 is 16.0 Å². The van der Waals surface area contributed by atoms with E-state index in [2.05, 4.69) is 21.2 Å². The number of rotatable bonds is 4. The number of benzene rings is 1. The molecule has 0 aliphatic carbocycles. The number of halogens is 1. The average molecular weight is 368 g/mol. The van der Waals surface area contributed by atoms with Gasteiger partial charge in [0.25, 0.3) is 0 Å². The molecule has 1 unspecified atom stereocenters. The van der Waals surface area contributed by atoms with Crippen LogP contribution in [-0.4, -0.2) is 35.8 Å². The Bertz CT molecular complexity index is 523. The maximum absolute atomic E-state index is 12.3. The minimum atomic E-state index is -0.120. The van der Waals surface area contributed by atoms with Crippen molar-refractivity contribution in [3.63, 3.8) is 0 Å². The first kappa shape index (κ1) is 17.0. The van der Waals surface area contributed by atoms with Crippen molar-refractivity contribution in [2.75, 3.05) is 18.4 Å². The molecule has 1 aliphatic heterocycles. The molecule has 22 heavy (non-hydrogen) atoms. The monoisotopic (exact) mass is 367 g/mol. The molecule has 0 saturated carbocycles. The van der Waals surface area contributed by atoms with E-state index in [9.17, 15) is 9.59 Å². The summed E-state index contributed by atoms with van der Waals surface area (Å²) in [4.78, 5) is 26.0. The van der Waals surface area contributed by atoms with Crippen LogP contribution in [0.25, 0.3) is 0 Å². The minimum absolute atomic E-state index is 0.0293. The van der Waals surface area contributed by atoms with Gasteiger partial charge in [-0.3, -0.25) is 9.59 Å². The van der Waals surface area contributed by atoms with Crippen LogP contribution in [0.3, 0.4) is 0 Å². The van der Waals surface area contributed by atoms with Gasteiger partial charge >= 0.3 is 0 Å². The Hall–Kier alpha value is -1.40. The average Bonchev–Trinajstić information content (AvgIpc) is 2.49. The summed E-state index contributed by atoms with van der Waals surface area (Å²) < 4.78 is 0.978. The fourth-order valence-electron chi connectivity index (χ4n) is 2.57. The highest BCUT2D eigenvalue weighted by molar-refractivity contribution is 9.10. The quantitative estimate of drug-likeness (QED) is 0.857. The van der Waals surface area contributed by atoms with Gasteiger partial charge in [-0.25, -0.2) is 0 Å². The van der Waals surface area contributed by atoms with Crippen LogP contribution in [0.4, 0.5) is 5.69 Å². The predicted octanol–water partition coefficient (Wildman–Crippen LogP) is 2.36. The lowest BCUT2D eigenvalue weighted by molar-refractivity contribution is -0.134. The fraction of sp³-hybridized carbons (Fsp3) is 0.500. The summed E-state index contributed by atoms with van der Waals surface area (Å²) in [5, 5.41) is 2.93. The van der Waals surface area contributed by atoms with Crippen molar-refractivity contribution in [1.29, 1.82) is 0 Å². The fourth-order valence-corrected chi connectivity index (χ4v) is 2.84. The van der Waals surface area contributed by atoms with Crippen molar-refractivity contribution in [1.82, 2.24) is 4.90 Å². The molecule has 2 rings (SSSR count). The second-order valence-electron chi connectivity index (χ2n) is 5.83. The van der Waals surface area contributed by atoms with E-state index in [-0.39, 0.29) is 23.8 Å². The van der Waals surface area contributed by atoms with Crippen molar-refractivity contribution in [2.24, 2.45) is 11.7 Å². The summed E-state index contributed by atoms with van der Waals surface area (Å²) in [6, 6.07) is 7.40. The molecule has 0 spiro atoms. The van der Waals surface area contributed by atoms with Gasteiger partial charge in [0.15, 0.2) is 0 Å². The number of nitrogens with zero attached hydrogens (tertiary/aromatic N) is 1. The standard InChI is InChI=1S/C16H22BrN3O2/c1-11(18)10-15(21)20-8-6-12(7-9-20)16(22)19-14-4-2-13(17)3-5-14/h2-5,11-12H,6-10,18H2,1H3,(H,19,22). The molecule has 1 atom stereocenters. The van der Waals surface area contributed by atoms with Crippen molar-refractivity contribution in [3.05, 3.63) is 28.7 Å². The normalized spacial score (nSPS) is 17.1. The highest BCUT2D eigenvalue weighted by atomic mass is 79.9. The third kappa shape index (κ3) is 4.81. The first-order valence-electron chi connectivity index (χ1n) is 7.55. The van der Waals surface area contributed by atoms with Gasteiger partial charge in [-0.05, 0) is 44.0 Å². The van der Waals surface area contributed by atoms with Crippen molar-refractivity contribution in [2.45, 2.75) is 32.2 Å². The Kier molecular flexibility index (Phi) is 5.97. The summed E-state index contributed by atoms with van der Waals surface area (Å²) in [7, 11) is 0. The first-order chi connectivity index (χ1) is 10.5. The third-order valence-corrected chi connectivity index (χ3v) is 4.36. The molecule has 2 amide bonds. The smallest absolute Gasteiger partial charge is 0.227 e. The van der Waals surface area contributed by atoms with Crippen LogP contribution in [0.15, 0.2) is 28.7 Å². The number of hydrogen-bond acceptors (Lipinski definition) is 3. The van der Waals surface area contributed by atoms with Crippen molar-refractivity contribution < 1.29 is 9.59 Å². The van der Waals surface area contributed by atoms with E-state index in [4.69, 9.17) is 5.73 Å². The van der Waals surface area contributed by atoms with Crippen LogP contribution in [0.2, 0.25) is 0 Å². The molecule has 1 aliphatic rings. The number of carbonyl (C=O) groups excluding carboxylic acids is 2. The van der Waals surface area contributed by atoms with Gasteiger partial charge in [0, 0.05) is 41.6 Å². The van der Waals surface area contributed by atoms with E-state index in [0.717, 1.165) is 10.2 Å². The Morgan fingerprint density at radius 2 is 1.91 bits per heavy atom. The van der Waals surface area contributed by atoms with Crippen molar-refractivity contribution in [3.8, 4) is 0 Å². The van der Waals surface area contributed by atoms with Gasteiger partial charge in [-0.1, -0.05) is 15.9 Å². The van der Waals surface area contributed by atoms with Crippen molar-refractivity contribution >= 4 is 33.4 Å². The molecule has 120 valence electrons. The minimum Gasteiger partial charge on any atom is -0.343 e. The molecule has 6 heteroatoms. The van der Waals surface area contributed by atoms with E-state index in [1.165, 1.54) is 0 Å². The molecule has 1 aromatic carbocycles. The Morgan fingerprint density at radius 1 is 1.32 bits per heavy atom. The van der Waals surface area contributed by atoms with Crippen LogP contribution in [0.5, 0.6) is 0 Å². The van der Waals surface area contributed by atoms with Crippen LogP contribution >= 0.6 is 15.9 Å². The van der Waals surface area contributed by atoms with Gasteiger partial charge in [0.05, 0.1) is 0 Å². The highest BCUT2D eigenvalue weighted by Crippen LogP contribution is 2.21. The highest BCUT2D eigenvalue weighted by Gasteiger charge is 2.27. The number of amides is 2. The van der Waals surface area contributed by atoms with Gasteiger partial charge in [-0.15, -0.1) is 0 Å². The number of nitrogens with two attached hydrogens (primary N) is 1. The Labute approximate surface area is 139 Å². The molecule has 5 nitrogen and oxygen atoms in total. The number of hydrogen-bond donors (Lipinski definition) is 2. The SMILES string of the molecule is CC(N)CC(=O)N1CCC(C(=O)Nc2ccc(Br)cc2)CC1. The molecule has 0 radical (unpaired) electrons. The van der Waals surface area contributed by atoms with E-state index >= 15 is 0 Å². The van der Waals surface area contributed by atoms with Crippen LogP contribution < -0.4 is 11.1 Å².